The van der Waals surface area contributed by atoms with Crippen LogP contribution in [0.1, 0.15) is 60.7 Å². The average Bonchev–Trinajstić information content (AvgIpc) is 3.23. The number of fused-ring (bicyclic) bond motifs is 1. The number of carbonyl (C=O) groups is 2. The Morgan fingerprint density at radius 1 is 0.536 bits per heavy atom. The summed E-state index contributed by atoms with van der Waals surface area (Å²) in [5.41, 5.74) is 2.14. The third kappa shape index (κ3) is 8.10. The summed E-state index contributed by atoms with van der Waals surface area (Å²) < 4.78 is 39.4. The summed E-state index contributed by atoms with van der Waals surface area (Å²) >= 11 is 0. The Labute approximate surface area is 333 Å². The summed E-state index contributed by atoms with van der Waals surface area (Å²) in [6.07, 6.45) is 0.999. The summed E-state index contributed by atoms with van der Waals surface area (Å²) in [5, 5.41) is 2.54. The summed E-state index contributed by atoms with van der Waals surface area (Å²) in [7, 11) is -4.47. The fourth-order valence-electron chi connectivity index (χ4n) is 9.17. The van der Waals surface area contributed by atoms with Crippen molar-refractivity contribution in [2.24, 2.45) is 0 Å². The van der Waals surface area contributed by atoms with Crippen LogP contribution in [0.2, 0.25) is 26.2 Å². The second-order valence-corrected chi connectivity index (χ2v) is 25.9. The first kappa shape index (κ1) is 40.3. The lowest BCUT2D eigenvalue weighted by Crippen LogP contribution is -2.76. The lowest BCUT2D eigenvalue weighted by molar-refractivity contribution is -0.487. The smallest absolute Gasteiger partial charge is 0.306 e. The normalized spacial score (nSPS) is 25.3. The molecule has 56 heavy (non-hydrogen) atoms. The zero-order valence-electron chi connectivity index (χ0n) is 33.2. The van der Waals surface area contributed by atoms with Gasteiger partial charge in [-0.2, -0.15) is 0 Å². The Hall–Kier alpha value is -3.91. The zero-order valence-corrected chi connectivity index (χ0v) is 35.2. The minimum Gasteiger partial charge on any atom is -0.456 e. The van der Waals surface area contributed by atoms with Gasteiger partial charge in [0.05, 0.1) is 55.4 Å². The van der Waals surface area contributed by atoms with Crippen LogP contribution < -0.4 is 10.4 Å². The summed E-state index contributed by atoms with van der Waals surface area (Å²) in [5.74, 6) is -3.90. The molecule has 3 aliphatic heterocycles. The van der Waals surface area contributed by atoms with Crippen molar-refractivity contribution in [2.45, 2.75) is 99.6 Å². The van der Waals surface area contributed by atoms with E-state index in [0.717, 1.165) is 11.1 Å². The monoisotopic (exact) mass is 792 g/mol. The molecular weight excluding hydrogens is 737 g/mol. The van der Waals surface area contributed by atoms with Crippen LogP contribution in [-0.2, 0) is 38.0 Å². The van der Waals surface area contributed by atoms with Gasteiger partial charge in [-0.05, 0) is 47.9 Å². The molecular formula is C46H56O8Si2. The van der Waals surface area contributed by atoms with E-state index in [0.29, 0.717) is 38.9 Å². The fraction of sp³-hybridized carbons (Fsp3) is 0.435. The molecule has 0 radical (unpaired) electrons. The number of esters is 2. The molecule has 0 aliphatic carbocycles. The first-order valence-corrected chi connectivity index (χ1v) is 26.4. The molecule has 2 spiro atoms. The molecule has 4 aromatic rings. The van der Waals surface area contributed by atoms with E-state index < -0.39 is 39.9 Å². The van der Waals surface area contributed by atoms with Gasteiger partial charge >= 0.3 is 11.9 Å². The molecule has 0 saturated carbocycles. The summed E-state index contributed by atoms with van der Waals surface area (Å²) in [6.45, 7) is 10.4. The van der Waals surface area contributed by atoms with Crippen molar-refractivity contribution in [1.29, 1.82) is 0 Å². The third-order valence-electron chi connectivity index (χ3n) is 12.4. The van der Waals surface area contributed by atoms with E-state index >= 15 is 0 Å². The van der Waals surface area contributed by atoms with Crippen molar-refractivity contribution in [2.75, 3.05) is 26.4 Å². The van der Waals surface area contributed by atoms with Gasteiger partial charge in [0.1, 0.15) is 0 Å². The molecule has 3 heterocycles. The SMILES string of the molecule is C[Si](C)(c1ccccc1)[C@H](CC(=O)O[C@H]1CCCO[C@@]12OCCO[C@@]21OCCC[C@@H]1OC(=O)C[C@H](c1ccccc1)[Si](C)(C)c1ccccc1)c1ccccc1. The molecule has 8 nitrogen and oxygen atoms in total. The molecule has 0 unspecified atom stereocenters. The Morgan fingerprint density at radius 2 is 0.857 bits per heavy atom. The van der Waals surface area contributed by atoms with Crippen molar-refractivity contribution >= 4 is 38.5 Å². The number of hydrogen-bond donors (Lipinski definition) is 0. The van der Waals surface area contributed by atoms with Crippen molar-refractivity contribution in [3.63, 3.8) is 0 Å². The van der Waals surface area contributed by atoms with E-state index in [1.807, 2.05) is 48.5 Å². The minimum absolute atomic E-state index is 0.0441. The molecule has 0 bridgehead atoms. The molecule has 4 aromatic carbocycles. The Kier molecular flexibility index (Phi) is 12.4. The highest BCUT2D eigenvalue weighted by Gasteiger charge is 2.70. The van der Waals surface area contributed by atoms with Crippen molar-refractivity contribution < 1.29 is 38.0 Å². The Bertz CT molecular complexity index is 1740. The third-order valence-corrected chi connectivity index (χ3v) is 20.6. The molecule has 6 atom stereocenters. The maximum Gasteiger partial charge on any atom is 0.306 e. The van der Waals surface area contributed by atoms with E-state index in [-0.39, 0.29) is 49.1 Å². The van der Waals surface area contributed by atoms with Gasteiger partial charge in [0, 0.05) is 0 Å². The number of benzene rings is 4. The van der Waals surface area contributed by atoms with E-state index in [4.69, 9.17) is 28.4 Å². The molecule has 3 saturated heterocycles. The molecule has 7 rings (SSSR count). The number of hydrogen-bond acceptors (Lipinski definition) is 8. The molecule has 10 heteroatoms. The van der Waals surface area contributed by atoms with Crippen LogP contribution in [-0.4, -0.2) is 78.3 Å². The molecule has 296 valence electrons. The largest absolute Gasteiger partial charge is 0.456 e. The van der Waals surface area contributed by atoms with Gasteiger partial charge in [0.2, 0.25) is 0 Å². The van der Waals surface area contributed by atoms with Crippen LogP contribution in [0.4, 0.5) is 0 Å². The van der Waals surface area contributed by atoms with Crippen LogP contribution in [0, 0.1) is 0 Å². The van der Waals surface area contributed by atoms with Gasteiger partial charge in [0.15, 0.2) is 12.2 Å². The lowest BCUT2D eigenvalue weighted by Gasteiger charge is -2.57. The van der Waals surface area contributed by atoms with Gasteiger partial charge in [0.25, 0.3) is 11.6 Å². The predicted octanol–water partition coefficient (Wildman–Crippen LogP) is 7.53. The van der Waals surface area contributed by atoms with Gasteiger partial charge < -0.3 is 28.4 Å². The number of rotatable bonds is 12. The first-order chi connectivity index (χ1) is 27.1. The standard InChI is InChI=1S/C46H56O8Si2/c1-55(2,37-23-13-7-14-24-37)39(35-19-9-5-10-20-35)33-43(47)53-41-27-17-29-49-45(41)46(52-32-31-51-45)42(28-18-30-50-46)54-44(48)34-40(36-21-11-6-12-22-36)56(3,4)38-25-15-8-16-26-38/h5-16,19-26,39-42H,17-18,27-34H2,1-4H3/t39-,40-,41+,42+,45-,46-/m1/s1. The lowest BCUT2D eigenvalue weighted by atomic mass is 9.85. The van der Waals surface area contributed by atoms with Gasteiger partial charge in [-0.15, -0.1) is 0 Å². The number of carbonyl (C=O) groups excluding carboxylic acids is 2. The quantitative estimate of drug-likeness (QED) is 0.108. The maximum absolute atomic E-state index is 14.3. The van der Waals surface area contributed by atoms with E-state index in [1.165, 1.54) is 10.4 Å². The molecule has 3 aliphatic rings. The van der Waals surface area contributed by atoms with E-state index in [1.54, 1.807) is 0 Å². The maximum atomic E-state index is 14.3. The van der Waals surface area contributed by atoms with Crippen LogP contribution in [0.3, 0.4) is 0 Å². The Balaban J connectivity index is 1.15. The first-order valence-electron chi connectivity index (χ1n) is 20.2. The molecule has 0 N–H and O–H groups in total. The van der Waals surface area contributed by atoms with Crippen molar-refractivity contribution in [3.05, 3.63) is 132 Å². The van der Waals surface area contributed by atoms with Crippen LogP contribution in [0.25, 0.3) is 0 Å². The summed E-state index contributed by atoms with van der Waals surface area (Å²) in [6, 6.07) is 41.5. The second kappa shape index (κ2) is 17.3. The summed E-state index contributed by atoms with van der Waals surface area (Å²) in [4.78, 5) is 28.6. The van der Waals surface area contributed by atoms with Gasteiger partial charge in [-0.25, -0.2) is 0 Å². The highest BCUT2D eigenvalue weighted by molar-refractivity contribution is 6.91. The van der Waals surface area contributed by atoms with E-state index in [9.17, 15) is 9.59 Å². The second-order valence-electron chi connectivity index (χ2n) is 16.5. The highest BCUT2D eigenvalue weighted by atomic mass is 28.3. The fourth-order valence-corrected chi connectivity index (χ4v) is 15.5. The minimum atomic E-state index is -2.24. The topological polar surface area (TPSA) is 89.5 Å². The molecule has 3 fully saturated rings. The van der Waals surface area contributed by atoms with Crippen molar-refractivity contribution in [3.8, 4) is 0 Å². The van der Waals surface area contributed by atoms with Crippen LogP contribution in [0.15, 0.2) is 121 Å². The highest BCUT2D eigenvalue weighted by Crippen LogP contribution is 2.49. The zero-order chi connectivity index (χ0) is 39.2. The average molecular weight is 793 g/mol. The molecule has 0 aromatic heterocycles. The predicted molar refractivity (Wildman–Crippen MR) is 222 cm³/mol. The van der Waals surface area contributed by atoms with Gasteiger partial charge in [-0.3, -0.25) is 9.59 Å². The number of ether oxygens (including phenoxy) is 6. The van der Waals surface area contributed by atoms with Gasteiger partial charge in [-0.1, -0.05) is 158 Å². The van der Waals surface area contributed by atoms with E-state index in [2.05, 4.69) is 99.0 Å². The Morgan fingerprint density at radius 3 is 1.21 bits per heavy atom. The molecule has 0 amide bonds. The van der Waals surface area contributed by atoms with Crippen LogP contribution >= 0.6 is 0 Å². The van der Waals surface area contributed by atoms with Crippen LogP contribution in [0.5, 0.6) is 0 Å². The van der Waals surface area contributed by atoms with Crippen molar-refractivity contribution in [1.82, 2.24) is 0 Å².